The Kier molecular flexibility index (Phi) is 9.45. The number of morpholine rings is 1. The van der Waals surface area contributed by atoms with Crippen LogP contribution in [0.2, 0.25) is 0 Å². The second-order valence-corrected chi connectivity index (χ2v) is 5.75. The number of carbonyl (C=O) groups is 1. The Hall–Kier alpha value is -1.93. The van der Waals surface area contributed by atoms with Crippen LogP contribution < -0.4 is 15.4 Å². The Morgan fingerprint density at radius 1 is 1.37 bits per heavy atom. The fraction of sp³-hybridized carbons (Fsp3) is 0.333. The highest BCUT2D eigenvalue weighted by molar-refractivity contribution is 5.95. The zero-order valence-corrected chi connectivity index (χ0v) is 16.3. The average molecular weight is 418 g/mol. The van der Waals surface area contributed by atoms with Crippen LogP contribution in [0.15, 0.2) is 42.6 Å². The predicted octanol–water partition coefficient (Wildman–Crippen LogP) is 2.96. The van der Waals surface area contributed by atoms with Gasteiger partial charge in [-0.1, -0.05) is 6.07 Å². The lowest BCUT2D eigenvalue weighted by atomic mass is 10.1. The van der Waals surface area contributed by atoms with Crippen molar-refractivity contribution < 1.29 is 18.7 Å². The van der Waals surface area contributed by atoms with Crippen LogP contribution in [-0.4, -0.2) is 36.2 Å². The molecule has 1 aliphatic heterocycles. The lowest BCUT2D eigenvalue weighted by molar-refractivity contribution is -0.123. The highest BCUT2D eigenvalue weighted by atomic mass is 35.5. The van der Waals surface area contributed by atoms with E-state index >= 15 is 0 Å². The summed E-state index contributed by atoms with van der Waals surface area (Å²) in [6.45, 7) is 3.18. The summed E-state index contributed by atoms with van der Waals surface area (Å²) in [6.07, 6.45) is 1.41. The van der Waals surface area contributed by atoms with Gasteiger partial charge in [-0.05, 0) is 31.2 Å². The number of hydrogen-bond donors (Lipinski definition) is 2. The van der Waals surface area contributed by atoms with Gasteiger partial charge in [0.15, 0.2) is 11.6 Å². The standard InChI is InChI=1S/C18H20FN3O3.2ClH/c1-12-17(21-8-9-24-12)18(23)22-13-5-6-16(15(19)10-13)25-11-14-4-2-3-7-20-14;;/h2-7,10,12,17,21H,8-9,11H2,1H3,(H,22,23);2*1H/t12-,17+;;/m1../s1. The topological polar surface area (TPSA) is 72.5 Å². The van der Waals surface area contributed by atoms with E-state index in [1.54, 1.807) is 24.4 Å². The van der Waals surface area contributed by atoms with Crippen LogP contribution in [0.1, 0.15) is 12.6 Å². The number of aromatic nitrogens is 1. The number of anilines is 1. The minimum atomic E-state index is -0.547. The van der Waals surface area contributed by atoms with Crippen molar-refractivity contribution in [2.75, 3.05) is 18.5 Å². The van der Waals surface area contributed by atoms with E-state index in [0.717, 1.165) is 0 Å². The number of carbonyl (C=O) groups excluding carboxylic acids is 1. The Labute approximate surface area is 169 Å². The molecule has 2 heterocycles. The van der Waals surface area contributed by atoms with Crippen molar-refractivity contribution in [3.05, 3.63) is 54.1 Å². The minimum Gasteiger partial charge on any atom is -0.484 e. The van der Waals surface area contributed by atoms with Gasteiger partial charge in [0.05, 0.1) is 18.4 Å². The zero-order valence-electron chi connectivity index (χ0n) is 14.7. The van der Waals surface area contributed by atoms with Crippen LogP contribution >= 0.6 is 24.8 Å². The molecule has 3 rings (SSSR count). The lowest BCUT2D eigenvalue weighted by Crippen LogP contribution is -2.53. The molecule has 0 radical (unpaired) electrons. The Morgan fingerprint density at radius 3 is 2.85 bits per heavy atom. The Balaban J connectivity index is 0.00000182. The molecule has 1 aromatic heterocycles. The quantitative estimate of drug-likeness (QED) is 0.782. The van der Waals surface area contributed by atoms with E-state index in [4.69, 9.17) is 9.47 Å². The third-order valence-corrected chi connectivity index (χ3v) is 3.90. The molecule has 1 saturated heterocycles. The number of pyridine rings is 1. The van der Waals surface area contributed by atoms with Crippen LogP contribution in [0.3, 0.4) is 0 Å². The van der Waals surface area contributed by atoms with Crippen molar-refractivity contribution in [1.82, 2.24) is 10.3 Å². The van der Waals surface area contributed by atoms with Crippen LogP contribution in [-0.2, 0) is 16.1 Å². The van der Waals surface area contributed by atoms with E-state index in [9.17, 15) is 9.18 Å². The van der Waals surface area contributed by atoms with Gasteiger partial charge in [0.2, 0.25) is 5.91 Å². The molecule has 0 spiro atoms. The number of nitrogens with one attached hydrogen (secondary N) is 2. The molecule has 27 heavy (non-hydrogen) atoms. The second-order valence-electron chi connectivity index (χ2n) is 5.75. The zero-order chi connectivity index (χ0) is 17.6. The molecule has 0 aliphatic carbocycles. The van der Waals surface area contributed by atoms with E-state index in [0.29, 0.717) is 24.5 Å². The smallest absolute Gasteiger partial charge is 0.244 e. The highest BCUT2D eigenvalue weighted by Crippen LogP contribution is 2.22. The summed E-state index contributed by atoms with van der Waals surface area (Å²) in [5.74, 6) is -0.695. The fourth-order valence-corrected chi connectivity index (χ4v) is 2.58. The highest BCUT2D eigenvalue weighted by Gasteiger charge is 2.28. The van der Waals surface area contributed by atoms with Crippen LogP contribution in [0.25, 0.3) is 0 Å². The molecule has 6 nitrogen and oxygen atoms in total. The second kappa shape index (κ2) is 11.0. The van der Waals surface area contributed by atoms with Crippen molar-refractivity contribution in [1.29, 1.82) is 0 Å². The summed E-state index contributed by atoms with van der Waals surface area (Å²) in [5, 5.41) is 5.79. The molecule has 2 N–H and O–H groups in total. The molecule has 1 aromatic carbocycles. The van der Waals surface area contributed by atoms with Crippen molar-refractivity contribution in [3.8, 4) is 5.75 Å². The molecule has 2 atom stereocenters. The molecule has 9 heteroatoms. The monoisotopic (exact) mass is 417 g/mol. The fourth-order valence-electron chi connectivity index (χ4n) is 2.58. The molecule has 0 unspecified atom stereocenters. The lowest BCUT2D eigenvalue weighted by Gasteiger charge is -2.29. The molecule has 1 aliphatic rings. The predicted molar refractivity (Wildman–Crippen MR) is 105 cm³/mol. The molecular weight excluding hydrogens is 396 g/mol. The molecule has 148 valence electrons. The van der Waals surface area contributed by atoms with Crippen molar-refractivity contribution >= 4 is 36.4 Å². The molecule has 1 amide bonds. The van der Waals surface area contributed by atoms with Crippen molar-refractivity contribution in [2.24, 2.45) is 0 Å². The van der Waals surface area contributed by atoms with Crippen molar-refractivity contribution in [2.45, 2.75) is 25.7 Å². The average Bonchev–Trinajstić information content (AvgIpc) is 2.62. The van der Waals surface area contributed by atoms with Gasteiger partial charge >= 0.3 is 0 Å². The first-order valence-corrected chi connectivity index (χ1v) is 8.11. The van der Waals surface area contributed by atoms with Gasteiger partial charge in [-0.2, -0.15) is 0 Å². The minimum absolute atomic E-state index is 0. The Morgan fingerprint density at radius 2 is 2.19 bits per heavy atom. The normalized spacial score (nSPS) is 18.6. The maximum Gasteiger partial charge on any atom is 0.244 e. The van der Waals surface area contributed by atoms with Gasteiger partial charge in [0, 0.05) is 24.5 Å². The third-order valence-electron chi connectivity index (χ3n) is 3.90. The number of ether oxygens (including phenoxy) is 2. The summed E-state index contributed by atoms with van der Waals surface area (Å²) in [5.41, 5.74) is 1.07. The number of hydrogen-bond acceptors (Lipinski definition) is 5. The van der Waals surface area contributed by atoms with E-state index in [2.05, 4.69) is 15.6 Å². The summed E-state index contributed by atoms with van der Waals surface area (Å²) < 4.78 is 25.1. The van der Waals surface area contributed by atoms with Gasteiger partial charge in [0.1, 0.15) is 12.6 Å². The van der Waals surface area contributed by atoms with Crippen molar-refractivity contribution in [3.63, 3.8) is 0 Å². The van der Waals surface area contributed by atoms with Gasteiger partial charge in [-0.3, -0.25) is 9.78 Å². The van der Waals surface area contributed by atoms with E-state index < -0.39 is 11.9 Å². The maximum absolute atomic E-state index is 14.2. The van der Waals surface area contributed by atoms with E-state index in [-0.39, 0.29) is 49.2 Å². The first-order chi connectivity index (χ1) is 12.1. The number of halogens is 3. The number of rotatable bonds is 5. The molecular formula is C18H22Cl2FN3O3. The first kappa shape index (κ1) is 23.1. The van der Waals surface area contributed by atoms with Gasteiger partial charge in [0.25, 0.3) is 0 Å². The first-order valence-electron chi connectivity index (χ1n) is 8.11. The van der Waals surface area contributed by atoms with Crippen LogP contribution in [0.4, 0.5) is 10.1 Å². The summed E-state index contributed by atoms with van der Waals surface area (Å²) in [6, 6.07) is 9.30. The maximum atomic E-state index is 14.2. The molecule has 2 aromatic rings. The summed E-state index contributed by atoms with van der Waals surface area (Å²) in [7, 11) is 0. The van der Waals surface area contributed by atoms with E-state index in [1.165, 1.54) is 12.1 Å². The molecule has 0 saturated carbocycles. The summed E-state index contributed by atoms with van der Waals surface area (Å²) in [4.78, 5) is 16.4. The van der Waals surface area contributed by atoms with E-state index in [1.807, 2.05) is 13.0 Å². The number of nitrogens with zero attached hydrogens (tertiary/aromatic N) is 1. The largest absolute Gasteiger partial charge is 0.484 e. The van der Waals surface area contributed by atoms with Gasteiger partial charge in [-0.15, -0.1) is 24.8 Å². The van der Waals surface area contributed by atoms with Crippen LogP contribution in [0.5, 0.6) is 5.75 Å². The number of benzene rings is 1. The SMILES string of the molecule is C[C@H]1OCCN[C@@H]1C(=O)Nc1ccc(OCc2ccccn2)c(F)c1.Cl.Cl. The third kappa shape index (κ3) is 6.32. The Bertz CT molecular complexity index is 737. The van der Waals surface area contributed by atoms with Gasteiger partial charge < -0.3 is 20.1 Å². The summed E-state index contributed by atoms with van der Waals surface area (Å²) >= 11 is 0. The molecule has 1 fully saturated rings. The number of amides is 1. The van der Waals surface area contributed by atoms with Crippen LogP contribution in [0, 0.1) is 5.82 Å². The van der Waals surface area contributed by atoms with Gasteiger partial charge in [-0.25, -0.2) is 4.39 Å². The molecule has 0 bridgehead atoms.